The van der Waals surface area contributed by atoms with Gasteiger partial charge in [0.2, 0.25) is 10.0 Å². The Bertz CT molecular complexity index is 728. The predicted octanol–water partition coefficient (Wildman–Crippen LogP) is 1.22. The Morgan fingerprint density at radius 2 is 2.05 bits per heavy atom. The fourth-order valence-corrected chi connectivity index (χ4v) is 3.30. The second kappa shape index (κ2) is 5.38. The highest BCUT2D eigenvalue weighted by Gasteiger charge is 2.22. The second-order valence-electron chi connectivity index (χ2n) is 4.68. The Kier molecular flexibility index (Phi) is 3.56. The number of hydrogen-bond donors (Lipinski definition) is 2. The van der Waals surface area contributed by atoms with Crippen molar-refractivity contribution in [1.29, 1.82) is 0 Å². The van der Waals surface area contributed by atoms with Gasteiger partial charge < -0.3 is 9.47 Å². The highest BCUT2D eigenvalue weighted by molar-refractivity contribution is 7.89. The summed E-state index contributed by atoms with van der Waals surface area (Å²) in [5.41, 5.74) is 0.760. The highest BCUT2D eigenvalue weighted by Crippen LogP contribution is 2.32. The first-order valence-electron chi connectivity index (χ1n) is 6.47. The Balaban J connectivity index is 1.84. The van der Waals surface area contributed by atoms with E-state index in [0.29, 0.717) is 24.7 Å². The van der Waals surface area contributed by atoms with Crippen molar-refractivity contribution in [3.05, 3.63) is 36.2 Å². The van der Waals surface area contributed by atoms with E-state index in [1.807, 2.05) is 0 Å². The maximum Gasteiger partial charge on any atom is 0.241 e. The van der Waals surface area contributed by atoms with Crippen molar-refractivity contribution >= 4 is 10.0 Å². The first-order valence-corrected chi connectivity index (χ1v) is 7.95. The van der Waals surface area contributed by atoms with E-state index in [9.17, 15) is 8.42 Å². The lowest BCUT2D eigenvalue weighted by Crippen LogP contribution is -2.27. The normalized spacial score (nSPS) is 15.7. The van der Waals surface area contributed by atoms with Gasteiger partial charge in [0.1, 0.15) is 13.2 Å². The van der Waals surface area contributed by atoms with E-state index in [1.165, 1.54) is 12.1 Å². The minimum atomic E-state index is -3.65. The monoisotopic (exact) mass is 309 g/mol. The molecule has 2 heterocycles. The molecule has 1 aliphatic heterocycles. The molecule has 2 aromatic rings. The van der Waals surface area contributed by atoms with Gasteiger partial charge in [0, 0.05) is 23.9 Å². The fourth-order valence-electron chi connectivity index (χ4n) is 2.06. The largest absolute Gasteiger partial charge is 0.486 e. The zero-order valence-corrected chi connectivity index (χ0v) is 12.2. The van der Waals surface area contributed by atoms with Crippen molar-refractivity contribution in [2.24, 2.45) is 0 Å². The summed E-state index contributed by atoms with van der Waals surface area (Å²) < 4.78 is 38.2. The summed E-state index contributed by atoms with van der Waals surface area (Å²) in [6, 6.07) is 4.18. The van der Waals surface area contributed by atoms with Crippen LogP contribution in [0.25, 0.3) is 0 Å². The van der Waals surface area contributed by atoms with E-state index in [4.69, 9.17) is 9.47 Å². The first kappa shape index (κ1) is 13.9. The minimum absolute atomic E-state index is 0.141. The molecule has 7 nitrogen and oxygen atoms in total. The SMILES string of the molecule is CC(NS(=O)(=O)c1ccc2c(c1)OCCO2)c1cn[nH]c1. The molecule has 8 heteroatoms. The maximum atomic E-state index is 12.4. The van der Waals surface area contributed by atoms with Gasteiger partial charge in [-0.2, -0.15) is 5.10 Å². The third kappa shape index (κ3) is 2.86. The third-order valence-corrected chi connectivity index (χ3v) is 4.71. The average Bonchev–Trinajstić information content (AvgIpc) is 3.00. The molecule has 0 spiro atoms. The van der Waals surface area contributed by atoms with Crippen molar-refractivity contribution in [3.8, 4) is 11.5 Å². The van der Waals surface area contributed by atoms with Crippen LogP contribution < -0.4 is 14.2 Å². The Labute approximate surface area is 122 Å². The number of aromatic nitrogens is 2. The summed E-state index contributed by atoms with van der Waals surface area (Å²) in [7, 11) is -3.65. The van der Waals surface area contributed by atoms with Crippen molar-refractivity contribution in [3.63, 3.8) is 0 Å². The molecule has 0 saturated heterocycles. The van der Waals surface area contributed by atoms with Gasteiger partial charge in [-0.25, -0.2) is 13.1 Å². The Hall–Kier alpha value is -2.06. The van der Waals surface area contributed by atoms with Gasteiger partial charge in [-0.1, -0.05) is 0 Å². The number of nitrogens with one attached hydrogen (secondary N) is 2. The summed E-state index contributed by atoms with van der Waals surface area (Å²) in [6.45, 7) is 2.63. The lowest BCUT2D eigenvalue weighted by atomic mass is 10.2. The molecular formula is C13H15N3O4S. The van der Waals surface area contributed by atoms with Gasteiger partial charge in [0.05, 0.1) is 11.1 Å². The molecule has 2 N–H and O–H groups in total. The van der Waals surface area contributed by atoms with Gasteiger partial charge in [0.15, 0.2) is 11.5 Å². The molecule has 1 unspecified atom stereocenters. The number of benzene rings is 1. The molecule has 1 aliphatic rings. The molecule has 0 fully saturated rings. The molecule has 0 saturated carbocycles. The molecule has 0 aliphatic carbocycles. The number of sulfonamides is 1. The summed E-state index contributed by atoms with van der Waals surface area (Å²) >= 11 is 0. The number of nitrogens with zero attached hydrogens (tertiary/aromatic N) is 1. The summed E-state index contributed by atoms with van der Waals surface area (Å²) in [5.74, 6) is 1.00. The molecule has 1 aromatic heterocycles. The predicted molar refractivity (Wildman–Crippen MR) is 74.8 cm³/mol. The number of hydrogen-bond acceptors (Lipinski definition) is 5. The van der Waals surface area contributed by atoms with Gasteiger partial charge in [-0.15, -0.1) is 0 Å². The topological polar surface area (TPSA) is 93.3 Å². The molecular weight excluding hydrogens is 294 g/mol. The first-order chi connectivity index (χ1) is 10.1. The number of fused-ring (bicyclic) bond motifs is 1. The van der Waals surface area contributed by atoms with Crippen LogP contribution in [0.3, 0.4) is 0 Å². The molecule has 112 valence electrons. The molecule has 1 aromatic carbocycles. The van der Waals surface area contributed by atoms with Crippen LogP contribution in [0, 0.1) is 0 Å². The second-order valence-corrected chi connectivity index (χ2v) is 6.39. The van der Waals surface area contributed by atoms with Crippen LogP contribution in [-0.4, -0.2) is 31.8 Å². The lowest BCUT2D eigenvalue weighted by Gasteiger charge is -2.19. The third-order valence-electron chi connectivity index (χ3n) is 3.18. The van der Waals surface area contributed by atoms with Gasteiger partial charge >= 0.3 is 0 Å². The Morgan fingerprint density at radius 3 is 2.76 bits per heavy atom. The van der Waals surface area contributed by atoms with Crippen LogP contribution in [0.2, 0.25) is 0 Å². The summed E-state index contributed by atoms with van der Waals surface area (Å²) in [4.78, 5) is 0.141. The van der Waals surface area contributed by atoms with Crippen LogP contribution in [0.5, 0.6) is 11.5 Å². The molecule has 0 bridgehead atoms. The van der Waals surface area contributed by atoms with Crippen LogP contribution in [0.15, 0.2) is 35.5 Å². The van der Waals surface area contributed by atoms with Crippen LogP contribution in [0.4, 0.5) is 0 Å². The van der Waals surface area contributed by atoms with Gasteiger partial charge in [-0.3, -0.25) is 5.10 Å². The van der Waals surface area contributed by atoms with E-state index in [0.717, 1.165) is 5.56 Å². The zero-order valence-electron chi connectivity index (χ0n) is 11.4. The number of H-pyrrole nitrogens is 1. The van der Waals surface area contributed by atoms with E-state index in [1.54, 1.807) is 25.4 Å². The minimum Gasteiger partial charge on any atom is -0.486 e. The fraction of sp³-hybridized carbons (Fsp3) is 0.308. The quantitative estimate of drug-likeness (QED) is 0.886. The molecule has 1 atom stereocenters. The maximum absolute atomic E-state index is 12.4. The zero-order chi connectivity index (χ0) is 14.9. The Morgan fingerprint density at radius 1 is 1.29 bits per heavy atom. The van der Waals surface area contributed by atoms with E-state index < -0.39 is 10.0 Å². The van der Waals surface area contributed by atoms with Crippen molar-refractivity contribution in [2.75, 3.05) is 13.2 Å². The molecule has 3 rings (SSSR count). The number of rotatable bonds is 4. The standard InChI is InChI=1S/C13H15N3O4S/c1-9(10-7-14-15-8-10)16-21(17,18)11-2-3-12-13(6-11)20-5-4-19-12/h2-3,6-9,16H,4-5H2,1H3,(H,14,15). The van der Waals surface area contributed by atoms with E-state index in [2.05, 4.69) is 14.9 Å². The van der Waals surface area contributed by atoms with Crippen LogP contribution in [-0.2, 0) is 10.0 Å². The average molecular weight is 309 g/mol. The molecule has 0 amide bonds. The van der Waals surface area contributed by atoms with Gasteiger partial charge in [-0.05, 0) is 19.1 Å². The number of aromatic amines is 1. The summed E-state index contributed by atoms with van der Waals surface area (Å²) in [6.07, 6.45) is 3.23. The smallest absolute Gasteiger partial charge is 0.241 e. The lowest BCUT2D eigenvalue weighted by molar-refractivity contribution is 0.171. The van der Waals surface area contributed by atoms with Crippen LogP contribution in [0.1, 0.15) is 18.5 Å². The van der Waals surface area contributed by atoms with Crippen LogP contribution >= 0.6 is 0 Å². The molecule has 21 heavy (non-hydrogen) atoms. The van der Waals surface area contributed by atoms with E-state index >= 15 is 0 Å². The highest BCUT2D eigenvalue weighted by atomic mass is 32.2. The van der Waals surface area contributed by atoms with Crippen molar-refractivity contribution in [2.45, 2.75) is 17.9 Å². The van der Waals surface area contributed by atoms with Crippen molar-refractivity contribution in [1.82, 2.24) is 14.9 Å². The van der Waals surface area contributed by atoms with Crippen molar-refractivity contribution < 1.29 is 17.9 Å². The molecule has 0 radical (unpaired) electrons. The van der Waals surface area contributed by atoms with E-state index in [-0.39, 0.29) is 10.9 Å². The van der Waals surface area contributed by atoms with Gasteiger partial charge in [0.25, 0.3) is 0 Å². The number of ether oxygens (including phenoxy) is 2. The summed E-state index contributed by atoms with van der Waals surface area (Å²) in [5, 5.41) is 6.46.